The molecule has 1 aromatic carbocycles. The van der Waals surface area contributed by atoms with Gasteiger partial charge in [-0.05, 0) is 37.0 Å². The quantitative estimate of drug-likeness (QED) is 0.673. The van der Waals surface area contributed by atoms with Crippen LogP contribution in [0.25, 0.3) is 0 Å². The fourth-order valence-corrected chi connectivity index (χ4v) is 2.20. The summed E-state index contributed by atoms with van der Waals surface area (Å²) in [5.41, 5.74) is 7.12. The van der Waals surface area contributed by atoms with Gasteiger partial charge in [0.05, 0.1) is 11.6 Å². The number of nitrogens with two attached hydrogens (primary N) is 1. The second kappa shape index (κ2) is 9.22. The van der Waals surface area contributed by atoms with E-state index in [0.717, 1.165) is 31.6 Å². The van der Waals surface area contributed by atoms with Gasteiger partial charge in [0.2, 0.25) is 0 Å². The van der Waals surface area contributed by atoms with Crippen molar-refractivity contribution in [2.24, 2.45) is 5.73 Å². The highest BCUT2D eigenvalue weighted by Crippen LogP contribution is 2.26. The molecule has 0 aliphatic heterocycles. The number of ether oxygens (including phenoxy) is 1. The van der Waals surface area contributed by atoms with Crippen LogP contribution >= 0.6 is 11.6 Å². The lowest BCUT2D eigenvalue weighted by atomic mass is 10.0. The van der Waals surface area contributed by atoms with Gasteiger partial charge in [0.1, 0.15) is 5.75 Å². The minimum absolute atomic E-state index is 0.205. The molecule has 1 atom stereocenters. The van der Waals surface area contributed by atoms with Crippen LogP contribution in [-0.2, 0) is 6.42 Å². The highest BCUT2D eigenvalue weighted by Gasteiger charge is 2.06. The van der Waals surface area contributed by atoms with E-state index in [1.54, 1.807) is 0 Å². The fraction of sp³-hybridized carbons (Fsp3) is 0.625. The van der Waals surface area contributed by atoms with Crippen LogP contribution in [0.15, 0.2) is 18.2 Å². The van der Waals surface area contributed by atoms with Crippen molar-refractivity contribution in [2.75, 3.05) is 6.61 Å². The van der Waals surface area contributed by atoms with E-state index in [0.29, 0.717) is 5.02 Å². The van der Waals surface area contributed by atoms with E-state index in [4.69, 9.17) is 22.1 Å². The molecule has 108 valence electrons. The zero-order chi connectivity index (χ0) is 14.1. The second-order valence-electron chi connectivity index (χ2n) is 5.05. The Hall–Kier alpha value is -0.730. The molecule has 19 heavy (non-hydrogen) atoms. The van der Waals surface area contributed by atoms with Gasteiger partial charge in [0, 0.05) is 6.04 Å². The lowest BCUT2D eigenvalue weighted by Crippen LogP contribution is -2.21. The Bertz CT molecular complexity index is 368. The lowest BCUT2D eigenvalue weighted by molar-refractivity contribution is 0.305. The maximum atomic E-state index is 6.23. The van der Waals surface area contributed by atoms with Gasteiger partial charge in [-0.2, -0.15) is 0 Å². The van der Waals surface area contributed by atoms with Crippen molar-refractivity contribution in [1.82, 2.24) is 0 Å². The van der Waals surface area contributed by atoms with E-state index >= 15 is 0 Å². The summed E-state index contributed by atoms with van der Waals surface area (Å²) in [4.78, 5) is 0. The van der Waals surface area contributed by atoms with Crippen LogP contribution in [0.2, 0.25) is 5.02 Å². The van der Waals surface area contributed by atoms with Crippen molar-refractivity contribution >= 4 is 11.6 Å². The predicted octanol–water partition coefficient (Wildman–Crippen LogP) is 4.58. The van der Waals surface area contributed by atoms with Gasteiger partial charge in [0.25, 0.3) is 0 Å². The molecule has 0 radical (unpaired) electrons. The summed E-state index contributed by atoms with van der Waals surface area (Å²) in [7, 11) is 0. The second-order valence-corrected chi connectivity index (χ2v) is 5.45. The molecule has 0 amide bonds. The third-order valence-electron chi connectivity index (χ3n) is 3.27. The summed E-state index contributed by atoms with van der Waals surface area (Å²) in [5.74, 6) is 0.784. The van der Waals surface area contributed by atoms with Crippen LogP contribution in [0.4, 0.5) is 0 Å². The van der Waals surface area contributed by atoms with E-state index in [-0.39, 0.29) is 6.04 Å². The fourth-order valence-electron chi connectivity index (χ4n) is 1.95. The molecule has 0 saturated carbocycles. The molecule has 0 aromatic heterocycles. The maximum Gasteiger partial charge on any atom is 0.137 e. The zero-order valence-electron chi connectivity index (χ0n) is 12.1. The van der Waals surface area contributed by atoms with E-state index in [1.807, 2.05) is 12.1 Å². The van der Waals surface area contributed by atoms with Gasteiger partial charge >= 0.3 is 0 Å². The molecule has 2 nitrogen and oxygen atoms in total. The average molecular weight is 284 g/mol. The number of hydrogen-bond acceptors (Lipinski definition) is 2. The Labute approximate surface area is 122 Å². The first-order valence-electron chi connectivity index (χ1n) is 7.34. The van der Waals surface area contributed by atoms with Crippen LogP contribution < -0.4 is 10.5 Å². The molecule has 1 aromatic rings. The topological polar surface area (TPSA) is 35.2 Å². The summed E-state index contributed by atoms with van der Waals surface area (Å²) < 4.78 is 5.71. The first kappa shape index (κ1) is 16.3. The van der Waals surface area contributed by atoms with Crippen LogP contribution in [0, 0.1) is 0 Å². The minimum Gasteiger partial charge on any atom is -0.492 e. The molecule has 0 aliphatic rings. The summed E-state index contributed by atoms with van der Waals surface area (Å²) in [6.45, 7) is 5.05. The molecule has 0 spiro atoms. The number of hydrogen-bond donors (Lipinski definition) is 1. The summed E-state index contributed by atoms with van der Waals surface area (Å²) in [5, 5.41) is 0.691. The standard InChI is InChI=1S/C16H26ClNO/c1-3-5-6-7-10-19-16-9-8-13(12-15(16)17)11-14(18)4-2/h8-9,12,14H,3-7,10-11,18H2,1-2H3. The van der Waals surface area contributed by atoms with Crippen LogP contribution in [0.1, 0.15) is 51.5 Å². The molecule has 0 aliphatic carbocycles. The first-order valence-corrected chi connectivity index (χ1v) is 7.72. The average Bonchev–Trinajstić information content (AvgIpc) is 2.40. The lowest BCUT2D eigenvalue weighted by Gasteiger charge is -2.12. The molecule has 2 N–H and O–H groups in total. The van der Waals surface area contributed by atoms with E-state index in [1.165, 1.54) is 24.8 Å². The molecular formula is C16H26ClNO. The summed E-state index contributed by atoms with van der Waals surface area (Å²) >= 11 is 6.23. The Balaban J connectivity index is 2.43. The van der Waals surface area contributed by atoms with E-state index < -0.39 is 0 Å². The van der Waals surface area contributed by atoms with Crippen molar-refractivity contribution in [3.63, 3.8) is 0 Å². The van der Waals surface area contributed by atoms with E-state index in [9.17, 15) is 0 Å². The number of unbranched alkanes of at least 4 members (excludes halogenated alkanes) is 3. The van der Waals surface area contributed by atoms with Gasteiger partial charge in [0.15, 0.2) is 0 Å². The van der Waals surface area contributed by atoms with Gasteiger partial charge in [-0.25, -0.2) is 0 Å². The highest BCUT2D eigenvalue weighted by atomic mass is 35.5. The van der Waals surface area contributed by atoms with Gasteiger partial charge < -0.3 is 10.5 Å². The molecule has 0 saturated heterocycles. The highest BCUT2D eigenvalue weighted by molar-refractivity contribution is 6.32. The molecule has 0 bridgehead atoms. The maximum absolute atomic E-state index is 6.23. The molecule has 0 heterocycles. The zero-order valence-corrected chi connectivity index (χ0v) is 12.9. The SMILES string of the molecule is CCCCCCOc1ccc(CC(N)CC)cc1Cl. The molecule has 3 heteroatoms. The monoisotopic (exact) mass is 283 g/mol. The van der Waals surface area contributed by atoms with Crippen molar-refractivity contribution < 1.29 is 4.74 Å². The van der Waals surface area contributed by atoms with Gasteiger partial charge in [-0.15, -0.1) is 0 Å². The predicted molar refractivity (Wildman–Crippen MR) is 83.1 cm³/mol. The normalized spacial score (nSPS) is 12.4. The van der Waals surface area contributed by atoms with Crippen molar-refractivity contribution in [3.05, 3.63) is 28.8 Å². The molecule has 1 rings (SSSR count). The molecule has 0 fully saturated rings. The Morgan fingerprint density at radius 1 is 1.21 bits per heavy atom. The summed E-state index contributed by atoms with van der Waals surface area (Å²) in [6.07, 6.45) is 6.67. The first-order chi connectivity index (χ1) is 9.17. The van der Waals surface area contributed by atoms with Crippen molar-refractivity contribution in [3.8, 4) is 5.75 Å². The number of benzene rings is 1. The molecular weight excluding hydrogens is 258 g/mol. The Morgan fingerprint density at radius 2 is 2.00 bits per heavy atom. The van der Waals surface area contributed by atoms with Crippen LogP contribution in [0.5, 0.6) is 5.75 Å². The minimum atomic E-state index is 0.205. The van der Waals surface area contributed by atoms with Crippen molar-refractivity contribution in [1.29, 1.82) is 0 Å². The number of halogens is 1. The third-order valence-corrected chi connectivity index (χ3v) is 3.57. The van der Waals surface area contributed by atoms with Crippen LogP contribution in [0.3, 0.4) is 0 Å². The molecule has 1 unspecified atom stereocenters. The van der Waals surface area contributed by atoms with E-state index in [2.05, 4.69) is 19.9 Å². The van der Waals surface area contributed by atoms with Gasteiger partial charge in [-0.3, -0.25) is 0 Å². The largest absolute Gasteiger partial charge is 0.492 e. The van der Waals surface area contributed by atoms with Gasteiger partial charge in [-0.1, -0.05) is 50.8 Å². The Kier molecular flexibility index (Phi) is 7.92. The van der Waals surface area contributed by atoms with Crippen molar-refractivity contribution in [2.45, 2.75) is 58.4 Å². The third kappa shape index (κ3) is 6.31. The summed E-state index contributed by atoms with van der Waals surface area (Å²) in [6, 6.07) is 6.19. The smallest absolute Gasteiger partial charge is 0.137 e. The Morgan fingerprint density at radius 3 is 2.63 bits per heavy atom. The van der Waals surface area contributed by atoms with Crippen LogP contribution in [-0.4, -0.2) is 12.6 Å². The number of rotatable bonds is 9.